The molecule has 0 aliphatic heterocycles. The minimum absolute atomic E-state index is 0.0904. The second-order valence-corrected chi connectivity index (χ2v) is 5.02. The van der Waals surface area contributed by atoms with E-state index in [0.29, 0.717) is 5.69 Å². The van der Waals surface area contributed by atoms with Crippen LogP contribution < -0.4 is 5.32 Å². The van der Waals surface area contributed by atoms with E-state index in [1.165, 1.54) is 6.20 Å². The molecular formula is C17H20ClNO4. The van der Waals surface area contributed by atoms with Crippen molar-refractivity contribution in [2.75, 3.05) is 11.9 Å². The summed E-state index contributed by atoms with van der Waals surface area (Å²) >= 11 is 6.19. The number of ketones is 2. The van der Waals surface area contributed by atoms with Crippen LogP contribution >= 0.6 is 11.6 Å². The monoisotopic (exact) mass is 337 g/mol. The van der Waals surface area contributed by atoms with Crippen molar-refractivity contribution < 1.29 is 19.1 Å². The maximum absolute atomic E-state index is 11.8. The number of Topliss-reactive ketones (excluding diaryl/α,β-unsaturated/α-hetero) is 2. The zero-order valence-electron chi connectivity index (χ0n) is 13.4. The van der Waals surface area contributed by atoms with Crippen molar-refractivity contribution in [2.24, 2.45) is 0 Å². The molecule has 0 spiro atoms. The molecule has 1 rings (SSSR count). The van der Waals surface area contributed by atoms with Crippen LogP contribution in [0.1, 0.15) is 44.0 Å². The number of ether oxygens (including phenoxy) is 1. The highest BCUT2D eigenvalue weighted by Crippen LogP contribution is 2.27. The third kappa shape index (κ3) is 4.93. The van der Waals surface area contributed by atoms with Gasteiger partial charge in [-0.05, 0) is 19.1 Å². The summed E-state index contributed by atoms with van der Waals surface area (Å²) in [7, 11) is 0. The predicted molar refractivity (Wildman–Crippen MR) is 89.7 cm³/mol. The van der Waals surface area contributed by atoms with E-state index in [4.69, 9.17) is 16.3 Å². The molecule has 1 aromatic carbocycles. The lowest BCUT2D eigenvalue weighted by atomic mass is 10.0. The van der Waals surface area contributed by atoms with E-state index < -0.39 is 5.97 Å². The quantitative estimate of drug-likeness (QED) is 0.338. The van der Waals surface area contributed by atoms with Gasteiger partial charge in [-0.2, -0.15) is 0 Å². The fraction of sp³-hybridized carbons (Fsp3) is 0.353. The minimum Gasteiger partial charge on any atom is -0.462 e. The lowest BCUT2D eigenvalue weighted by Gasteiger charge is -2.10. The van der Waals surface area contributed by atoms with E-state index in [0.717, 1.165) is 0 Å². The Morgan fingerprint density at radius 3 is 2.26 bits per heavy atom. The third-order valence-electron chi connectivity index (χ3n) is 3.11. The molecule has 0 heterocycles. The van der Waals surface area contributed by atoms with Crippen LogP contribution in [0.15, 0.2) is 30.0 Å². The van der Waals surface area contributed by atoms with Gasteiger partial charge in [0.2, 0.25) is 0 Å². The topological polar surface area (TPSA) is 72.5 Å². The van der Waals surface area contributed by atoms with Gasteiger partial charge in [0.25, 0.3) is 0 Å². The number of halogens is 1. The minimum atomic E-state index is -0.528. The molecule has 0 aliphatic rings. The number of hydrogen-bond acceptors (Lipinski definition) is 5. The van der Waals surface area contributed by atoms with Crippen LogP contribution in [0.4, 0.5) is 5.69 Å². The molecule has 0 saturated carbocycles. The molecule has 0 atom stereocenters. The third-order valence-corrected chi connectivity index (χ3v) is 3.52. The Hall–Kier alpha value is -2.14. The highest BCUT2D eigenvalue weighted by Gasteiger charge is 2.16. The number of rotatable bonds is 8. The summed E-state index contributed by atoms with van der Waals surface area (Å²) in [4.78, 5) is 35.5. The summed E-state index contributed by atoms with van der Waals surface area (Å²) in [5.41, 5.74) is 0.729. The van der Waals surface area contributed by atoms with Crippen LogP contribution in [-0.4, -0.2) is 24.1 Å². The second-order valence-electron chi connectivity index (χ2n) is 4.64. The normalized spacial score (nSPS) is 9.91. The van der Waals surface area contributed by atoms with Gasteiger partial charge in [0.15, 0.2) is 11.6 Å². The summed E-state index contributed by atoms with van der Waals surface area (Å²) in [5.74, 6) is -1.02. The number of esters is 1. The first-order valence-electron chi connectivity index (χ1n) is 7.44. The summed E-state index contributed by atoms with van der Waals surface area (Å²) in [6, 6.07) is 4.83. The number of anilines is 1. The summed E-state index contributed by atoms with van der Waals surface area (Å²) in [6.45, 7) is 5.32. The molecule has 0 fully saturated rings. The van der Waals surface area contributed by atoms with Gasteiger partial charge in [0.1, 0.15) is 0 Å². The molecule has 6 heteroatoms. The molecule has 0 amide bonds. The number of nitrogens with one attached hydrogen (secondary N) is 1. The van der Waals surface area contributed by atoms with Gasteiger partial charge in [-0.15, -0.1) is 0 Å². The Morgan fingerprint density at radius 1 is 1.13 bits per heavy atom. The Morgan fingerprint density at radius 2 is 1.74 bits per heavy atom. The zero-order chi connectivity index (χ0) is 17.4. The van der Waals surface area contributed by atoms with E-state index in [2.05, 4.69) is 5.32 Å². The van der Waals surface area contributed by atoms with Crippen LogP contribution in [0.3, 0.4) is 0 Å². The number of carbonyl (C=O) groups excluding carboxylic acids is 3. The van der Waals surface area contributed by atoms with Crippen LogP contribution in [0.25, 0.3) is 0 Å². The van der Waals surface area contributed by atoms with Gasteiger partial charge in [0, 0.05) is 19.0 Å². The van der Waals surface area contributed by atoms with E-state index >= 15 is 0 Å². The standard InChI is InChI=1S/C17H20ClNO4/c1-4-14(20)12(15(21)5-2)10-19-13-9-7-8-11(16(13)18)17(22)23-6-3/h7-10,19H,4-6H2,1-3H3. The molecule has 0 saturated heterocycles. The van der Waals surface area contributed by atoms with Gasteiger partial charge >= 0.3 is 5.97 Å². The second kappa shape index (κ2) is 9.10. The summed E-state index contributed by atoms with van der Waals surface area (Å²) < 4.78 is 4.93. The maximum atomic E-state index is 11.8. The van der Waals surface area contributed by atoms with E-state index in [1.54, 1.807) is 39.0 Å². The molecule has 0 bridgehead atoms. The van der Waals surface area contributed by atoms with Gasteiger partial charge < -0.3 is 10.1 Å². The molecule has 1 aromatic rings. The number of carbonyl (C=O) groups is 3. The zero-order valence-corrected chi connectivity index (χ0v) is 14.2. The van der Waals surface area contributed by atoms with Crippen molar-refractivity contribution >= 4 is 34.8 Å². The van der Waals surface area contributed by atoms with Crippen LogP contribution in [0.2, 0.25) is 5.02 Å². The lowest BCUT2D eigenvalue weighted by Crippen LogP contribution is -2.13. The predicted octanol–water partition coefficient (Wildman–Crippen LogP) is 3.77. The van der Waals surface area contributed by atoms with E-state index in [1.807, 2.05) is 0 Å². The van der Waals surface area contributed by atoms with Crippen LogP contribution in [0, 0.1) is 0 Å². The molecule has 124 valence electrons. The number of hydrogen-bond donors (Lipinski definition) is 1. The molecule has 0 radical (unpaired) electrons. The number of benzene rings is 1. The molecule has 0 unspecified atom stereocenters. The fourth-order valence-electron chi connectivity index (χ4n) is 1.86. The molecule has 1 N–H and O–H groups in total. The first kappa shape index (κ1) is 18.9. The van der Waals surface area contributed by atoms with E-state index in [-0.39, 0.29) is 47.2 Å². The Bertz CT molecular complexity index is 619. The smallest absolute Gasteiger partial charge is 0.339 e. The van der Waals surface area contributed by atoms with Crippen molar-refractivity contribution in [3.63, 3.8) is 0 Å². The van der Waals surface area contributed by atoms with E-state index in [9.17, 15) is 14.4 Å². The fourth-order valence-corrected chi connectivity index (χ4v) is 2.11. The SMILES string of the molecule is CCOC(=O)c1cccc(NC=C(C(=O)CC)C(=O)CC)c1Cl. The molecule has 0 aliphatic carbocycles. The summed E-state index contributed by atoms with van der Waals surface area (Å²) in [6.07, 6.45) is 1.81. The average molecular weight is 338 g/mol. The summed E-state index contributed by atoms with van der Waals surface area (Å²) in [5, 5.41) is 3.01. The van der Waals surface area contributed by atoms with Crippen LogP contribution in [-0.2, 0) is 14.3 Å². The van der Waals surface area contributed by atoms with Gasteiger partial charge in [-0.1, -0.05) is 31.5 Å². The van der Waals surface area contributed by atoms with Crippen molar-refractivity contribution in [2.45, 2.75) is 33.6 Å². The van der Waals surface area contributed by atoms with Crippen molar-refractivity contribution in [1.82, 2.24) is 0 Å². The highest BCUT2D eigenvalue weighted by atomic mass is 35.5. The largest absolute Gasteiger partial charge is 0.462 e. The van der Waals surface area contributed by atoms with Crippen molar-refractivity contribution in [3.05, 3.63) is 40.6 Å². The van der Waals surface area contributed by atoms with Gasteiger partial charge in [-0.25, -0.2) is 4.79 Å². The molecule has 23 heavy (non-hydrogen) atoms. The van der Waals surface area contributed by atoms with Crippen molar-refractivity contribution in [3.8, 4) is 0 Å². The maximum Gasteiger partial charge on any atom is 0.339 e. The molecular weight excluding hydrogens is 318 g/mol. The lowest BCUT2D eigenvalue weighted by molar-refractivity contribution is -0.121. The van der Waals surface area contributed by atoms with Crippen LogP contribution in [0.5, 0.6) is 0 Å². The molecule has 0 aromatic heterocycles. The van der Waals surface area contributed by atoms with Gasteiger partial charge in [0.05, 0.1) is 28.5 Å². The average Bonchev–Trinajstić information content (AvgIpc) is 2.55. The molecule has 5 nitrogen and oxygen atoms in total. The van der Waals surface area contributed by atoms with Crippen molar-refractivity contribution in [1.29, 1.82) is 0 Å². The Kier molecular flexibility index (Phi) is 7.48. The van der Waals surface area contributed by atoms with Gasteiger partial charge in [-0.3, -0.25) is 9.59 Å². The first-order chi connectivity index (χ1) is 11.0. The Balaban J connectivity index is 3.10. The number of allylic oxidation sites excluding steroid dienone is 1. The highest BCUT2D eigenvalue weighted by molar-refractivity contribution is 6.36. The first-order valence-corrected chi connectivity index (χ1v) is 7.82. The Labute approximate surface area is 140 Å².